The lowest BCUT2D eigenvalue weighted by molar-refractivity contribution is 0.578. The molecule has 0 aliphatic carbocycles. The van der Waals surface area contributed by atoms with Gasteiger partial charge in [0.1, 0.15) is 0 Å². The number of hydrogen-bond acceptors (Lipinski definition) is 3. The number of nitrogens with one attached hydrogen (secondary N) is 1. The third kappa shape index (κ3) is 3.02. The number of aromatic nitrogens is 1. The van der Waals surface area contributed by atoms with Gasteiger partial charge < -0.3 is 10.2 Å². The standard InChI is InChI=1S/C18H23N3/c1-14-8-9-20-18(12-14)16-13-15(6-7-17(16)19-2)21-10-4-3-5-11-21/h6-9,12-13,19H,3-5,10-11H2,1-2H3. The van der Waals surface area contributed by atoms with Gasteiger partial charge in [-0.15, -0.1) is 0 Å². The zero-order valence-electron chi connectivity index (χ0n) is 12.9. The Morgan fingerprint density at radius 1 is 1.05 bits per heavy atom. The largest absolute Gasteiger partial charge is 0.388 e. The Morgan fingerprint density at radius 2 is 1.86 bits per heavy atom. The second-order valence-corrected chi connectivity index (χ2v) is 5.75. The average molecular weight is 281 g/mol. The van der Waals surface area contributed by atoms with Crippen molar-refractivity contribution in [3.8, 4) is 11.3 Å². The molecule has 3 rings (SSSR count). The summed E-state index contributed by atoms with van der Waals surface area (Å²) in [7, 11) is 1.97. The van der Waals surface area contributed by atoms with Crippen LogP contribution in [0.1, 0.15) is 24.8 Å². The molecule has 1 aromatic heterocycles. The fourth-order valence-corrected chi connectivity index (χ4v) is 2.99. The van der Waals surface area contributed by atoms with Gasteiger partial charge in [-0.1, -0.05) is 0 Å². The summed E-state index contributed by atoms with van der Waals surface area (Å²) in [5.74, 6) is 0. The predicted molar refractivity (Wildman–Crippen MR) is 90.0 cm³/mol. The van der Waals surface area contributed by atoms with Crippen LogP contribution in [0.2, 0.25) is 0 Å². The maximum Gasteiger partial charge on any atom is 0.0726 e. The fourth-order valence-electron chi connectivity index (χ4n) is 2.99. The third-order valence-electron chi connectivity index (χ3n) is 4.19. The van der Waals surface area contributed by atoms with Crippen LogP contribution in [-0.2, 0) is 0 Å². The summed E-state index contributed by atoms with van der Waals surface area (Å²) in [6.07, 6.45) is 5.84. The molecule has 0 radical (unpaired) electrons. The molecule has 3 heteroatoms. The maximum atomic E-state index is 4.55. The molecule has 21 heavy (non-hydrogen) atoms. The highest BCUT2D eigenvalue weighted by Crippen LogP contribution is 2.32. The third-order valence-corrected chi connectivity index (χ3v) is 4.19. The first-order valence-corrected chi connectivity index (χ1v) is 7.78. The van der Waals surface area contributed by atoms with E-state index in [9.17, 15) is 0 Å². The molecular formula is C18H23N3. The van der Waals surface area contributed by atoms with Crippen LogP contribution in [0.4, 0.5) is 11.4 Å². The van der Waals surface area contributed by atoms with Crippen molar-refractivity contribution >= 4 is 11.4 Å². The minimum atomic E-state index is 1.04. The number of benzene rings is 1. The summed E-state index contributed by atoms with van der Waals surface area (Å²) in [6.45, 7) is 4.44. The first-order valence-electron chi connectivity index (χ1n) is 7.78. The minimum Gasteiger partial charge on any atom is -0.388 e. The molecule has 1 aromatic carbocycles. The average Bonchev–Trinajstić information content (AvgIpc) is 2.55. The van der Waals surface area contributed by atoms with Crippen LogP contribution in [0, 0.1) is 6.92 Å². The molecule has 1 aliphatic rings. The molecule has 2 aromatic rings. The summed E-state index contributed by atoms with van der Waals surface area (Å²) in [6, 6.07) is 10.9. The zero-order valence-corrected chi connectivity index (χ0v) is 12.9. The van der Waals surface area contributed by atoms with E-state index in [1.165, 1.54) is 49.2 Å². The van der Waals surface area contributed by atoms with Gasteiger partial charge in [0.2, 0.25) is 0 Å². The summed E-state index contributed by atoms with van der Waals surface area (Å²) >= 11 is 0. The first kappa shape index (κ1) is 13.9. The highest BCUT2D eigenvalue weighted by Gasteiger charge is 2.14. The monoisotopic (exact) mass is 281 g/mol. The highest BCUT2D eigenvalue weighted by atomic mass is 15.1. The number of rotatable bonds is 3. The van der Waals surface area contributed by atoms with Gasteiger partial charge in [-0.2, -0.15) is 0 Å². The molecule has 1 saturated heterocycles. The summed E-state index contributed by atoms with van der Waals surface area (Å²) in [5, 5.41) is 3.29. The van der Waals surface area contributed by atoms with E-state index in [1.807, 2.05) is 19.3 Å². The SMILES string of the molecule is CNc1ccc(N2CCCCC2)cc1-c1cc(C)ccn1. The van der Waals surface area contributed by atoms with Gasteiger partial charge in [0, 0.05) is 43.3 Å². The van der Waals surface area contributed by atoms with Crippen molar-refractivity contribution in [1.29, 1.82) is 0 Å². The topological polar surface area (TPSA) is 28.2 Å². The van der Waals surface area contributed by atoms with E-state index in [0.29, 0.717) is 0 Å². The van der Waals surface area contributed by atoms with Crippen molar-refractivity contribution in [2.75, 3.05) is 30.4 Å². The Balaban J connectivity index is 2.00. The maximum absolute atomic E-state index is 4.55. The van der Waals surface area contributed by atoms with Crippen LogP contribution in [-0.4, -0.2) is 25.1 Å². The van der Waals surface area contributed by atoms with Gasteiger partial charge in [0.15, 0.2) is 0 Å². The van der Waals surface area contributed by atoms with Crippen LogP contribution >= 0.6 is 0 Å². The number of pyridine rings is 1. The van der Waals surface area contributed by atoms with Gasteiger partial charge in [0.25, 0.3) is 0 Å². The van der Waals surface area contributed by atoms with Crippen LogP contribution in [0.3, 0.4) is 0 Å². The summed E-state index contributed by atoms with van der Waals surface area (Å²) in [4.78, 5) is 7.03. The Kier molecular flexibility index (Phi) is 4.09. The van der Waals surface area contributed by atoms with Crippen LogP contribution in [0.15, 0.2) is 36.5 Å². The van der Waals surface area contributed by atoms with E-state index in [4.69, 9.17) is 0 Å². The number of hydrogen-bond donors (Lipinski definition) is 1. The van der Waals surface area contributed by atoms with Gasteiger partial charge >= 0.3 is 0 Å². The predicted octanol–water partition coefficient (Wildman–Crippen LogP) is 4.09. The molecule has 3 nitrogen and oxygen atoms in total. The van der Waals surface area contributed by atoms with Crippen molar-refractivity contribution in [2.24, 2.45) is 0 Å². The van der Waals surface area contributed by atoms with E-state index >= 15 is 0 Å². The Bertz CT molecular complexity index is 616. The molecule has 1 aliphatic heterocycles. The fraction of sp³-hybridized carbons (Fsp3) is 0.389. The first-order chi connectivity index (χ1) is 10.3. The van der Waals surface area contributed by atoms with Gasteiger partial charge in [-0.05, 0) is 62.1 Å². The van der Waals surface area contributed by atoms with Crippen LogP contribution < -0.4 is 10.2 Å². The quantitative estimate of drug-likeness (QED) is 0.918. The minimum absolute atomic E-state index is 1.04. The molecule has 1 fully saturated rings. The molecule has 2 heterocycles. The molecule has 1 N–H and O–H groups in total. The molecule has 110 valence electrons. The smallest absolute Gasteiger partial charge is 0.0726 e. The van der Waals surface area contributed by atoms with Crippen molar-refractivity contribution in [3.63, 3.8) is 0 Å². The second kappa shape index (κ2) is 6.17. The molecule has 0 saturated carbocycles. The van der Waals surface area contributed by atoms with Crippen molar-refractivity contribution in [3.05, 3.63) is 42.1 Å². The number of piperidine rings is 1. The molecule has 0 spiro atoms. The Hall–Kier alpha value is -2.03. The van der Waals surface area contributed by atoms with Crippen LogP contribution in [0.5, 0.6) is 0 Å². The van der Waals surface area contributed by atoms with E-state index < -0.39 is 0 Å². The highest BCUT2D eigenvalue weighted by molar-refractivity contribution is 5.79. The zero-order chi connectivity index (χ0) is 14.7. The second-order valence-electron chi connectivity index (χ2n) is 5.75. The van der Waals surface area contributed by atoms with Crippen molar-refractivity contribution in [2.45, 2.75) is 26.2 Å². The van der Waals surface area contributed by atoms with Crippen molar-refractivity contribution in [1.82, 2.24) is 4.98 Å². The van der Waals surface area contributed by atoms with Gasteiger partial charge in [-0.3, -0.25) is 4.98 Å². The number of nitrogens with zero attached hydrogens (tertiary/aromatic N) is 2. The van der Waals surface area contributed by atoms with Crippen molar-refractivity contribution < 1.29 is 0 Å². The molecule has 0 atom stereocenters. The Morgan fingerprint density at radius 3 is 2.57 bits per heavy atom. The summed E-state index contributed by atoms with van der Waals surface area (Å²) in [5.41, 5.74) is 5.91. The van der Waals surface area contributed by atoms with E-state index in [-0.39, 0.29) is 0 Å². The Labute approximate surface area is 127 Å². The lowest BCUT2D eigenvalue weighted by atomic mass is 10.0. The van der Waals surface area contributed by atoms with E-state index in [1.54, 1.807) is 0 Å². The normalized spacial score (nSPS) is 15.0. The lowest BCUT2D eigenvalue weighted by Crippen LogP contribution is -2.29. The number of anilines is 2. The molecular weight excluding hydrogens is 258 g/mol. The summed E-state index contributed by atoms with van der Waals surface area (Å²) < 4.78 is 0. The molecule has 0 unspecified atom stereocenters. The van der Waals surface area contributed by atoms with Gasteiger partial charge in [-0.25, -0.2) is 0 Å². The van der Waals surface area contributed by atoms with Gasteiger partial charge in [0.05, 0.1) is 5.69 Å². The molecule has 0 amide bonds. The van der Waals surface area contributed by atoms with E-state index in [0.717, 1.165) is 11.4 Å². The van der Waals surface area contributed by atoms with Crippen LogP contribution in [0.25, 0.3) is 11.3 Å². The lowest BCUT2D eigenvalue weighted by Gasteiger charge is -2.29. The molecule has 0 bridgehead atoms. The number of aryl methyl sites for hydroxylation is 1. The van der Waals surface area contributed by atoms with E-state index in [2.05, 4.69) is 46.4 Å².